The minimum Gasteiger partial charge on any atom is -0.503 e. The lowest BCUT2D eigenvalue weighted by atomic mass is 10.1. The van der Waals surface area contributed by atoms with Gasteiger partial charge in [-0.1, -0.05) is 35.1 Å². The maximum Gasteiger partial charge on any atom is 0.274 e. The van der Waals surface area contributed by atoms with E-state index in [-0.39, 0.29) is 28.0 Å². The van der Waals surface area contributed by atoms with Crippen LogP contribution in [0.1, 0.15) is 15.9 Å². The summed E-state index contributed by atoms with van der Waals surface area (Å²) in [5, 5.41) is 10.0. The Bertz CT molecular complexity index is 1410. The quantitative estimate of drug-likeness (QED) is 0.511. The molecule has 158 valence electrons. The summed E-state index contributed by atoms with van der Waals surface area (Å²) in [7, 11) is 4.83. The van der Waals surface area contributed by atoms with Crippen molar-refractivity contribution in [1.29, 1.82) is 0 Å². The molecule has 0 saturated heterocycles. The molecule has 0 fully saturated rings. The van der Waals surface area contributed by atoms with Crippen LogP contribution in [0, 0.1) is 0 Å². The molecule has 0 aliphatic heterocycles. The highest BCUT2D eigenvalue weighted by molar-refractivity contribution is 7.15. The van der Waals surface area contributed by atoms with E-state index in [1.54, 1.807) is 50.6 Å². The molecule has 2 heterocycles. The average Bonchev–Trinajstić information content (AvgIpc) is 3.29. The second kappa shape index (κ2) is 8.05. The van der Waals surface area contributed by atoms with Gasteiger partial charge in [0.2, 0.25) is 0 Å². The first-order chi connectivity index (χ1) is 14.8. The monoisotopic (exact) mass is 455 g/mol. The van der Waals surface area contributed by atoms with Gasteiger partial charge in [-0.3, -0.25) is 14.0 Å². The summed E-state index contributed by atoms with van der Waals surface area (Å²) in [6, 6.07) is 10.3. The van der Waals surface area contributed by atoms with Crippen LogP contribution in [0.4, 0.5) is 0 Å². The average molecular weight is 456 g/mol. The van der Waals surface area contributed by atoms with Crippen molar-refractivity contribution in [2.24, 2.45) is 0 Å². The van der Waals surface area contributed by atoms with E-state index in [9.17, 15) is 14.7 Å². The summed E-state index contributed by atoms with van der Waals surface area (Å²) >= 11 is 7.28. The molecule has 2 aromatic heterocycles. The lowest BCUT2D eigenvalue weighted by molar-refractivity contribution is 0.0827. The van der Waals surface area contributed by atoms with Crippen molar-refractivity contribution in [3.63, 3.8) is 0 Å². The van der Waals surface area contributed by atoms with Crippen LogP contribution < -0.4 is 14.8 Å². The molecule has 0 spiro atoms. The van der Waals surface area contributed by atoms with Gasteiger partial charge >= 0.3 is 0 Å². The van der Waals surface area contributed by atoms with Crippen molar-refractivity contribution in [2.75, 3.05) is 21.2 Å². The number of ether oxygens (including phenoxy) is 1. The van der Waals surface area contributed by atoms with Crippen molar-refractivity contribution < 1.29 is 14.6 Å². The fourth-order valence-corrected chi connectivity index (χ4v) is 4.27. The number of nitrogens with zero attached hydrogens (tertiary/aromatic N) is 3. The summed E-state index contributed by atoms with van der Waals surface area (Å²) in [4.78, 5) is 31.5. The number of phenols is 1. The molecule has 9 heteroatoms. The van der Waals surface area contributed by atoms with E-state index < -0.39 is 0 Å². The van der Waals surface area contributed by atoms with E-state index in [2.05, 4.69) is 4.98 Å². The van der Waals surface area contributed by atoms with E-state index in [0.29, 0.717) is 26.3 Å². The Morgan fingerprint density at radius 1 is 1.26 bits per heavy atom. The second-order valence-corrected chi connectivity index (χ2v) is 8.44. The lowest BCUT2D eigenvalue weighted by Crippen LogP contribution is -2.22. The number of rotatable bonds is 4. The number of aromatic hydroxyl groups is 1. The molecule has 4 rings (SSSR count). The number of thiazole rings is 1. The van der Waals surface area contributed by atoms with Crippen LogP contribution in [0.2, 0.25) is 5.02 Å². The molecule has 31 heavy (non-hydrogen) atoms. The van der Waals surface area contributed by atoms with Crippen LogP contribution >= 0.6 is 22.9 Å². The van der Waals surface area contributed by atoms with E-state index in [1.165, 1.54) is 27.7 Å². The summed E-state index contributed by atoms with van der Waals surface area (Å²) in [5.74, 6) is 0.00367. The molecule has 2 aromatic carbocycles. The molecule has 0 saturated carbocycles. The largest absolute Gasteiger partial charge is 0.503 e. The number of hydrogen-bond acceptors (Lipinski definition) is 6. The SMILES string of the molecule is COc1cc(/C=c2\sc3nc(-c4ccc(C(=O)N(C)C)cc4)cn3c2=O)cc(Cl)c1O. The minimum atomic E-state index is -0.207. The van der Waals surface area contributed by atoms with Crippen LogP contribution in [0.15, 0.2) is 47.4 Å². The lowest BCUT2D eigenvalue weighted by Gasteiger charge is -2.10. The molecule has 0 aliphatic carbocycles. The van der Waals surface area contributed by atoms with Gasteiger partial charge in [-0.05, 0) is 35.9 Å². The Balaban J connectivity index is 1.71. The van der Waals surface area contributed by atoms with Crippen LogP contribution in [0.5, 0.6) is 11.5 Å². The summed E-state index contributed by atoms with van der Waals surface area (Å²) in [6.07, 6.45) is 3.36. The van der Waals surface area contributed by atoms with Gasteiger partial charge < -0.3 is 14.7 Å². The predicted molar refractivity (Wildman–Crippen MR) is 121 cm³/mol. The first kappa shape index (κ1) is 20.9. The number of aromatic nitrogens is 2. The molecule has 1 N–H and O–H groups in total. The zero-order chi connectivity index (χ0) is 22.3. The highest BCUT2D eigenvalue weighted by Crippen LogP contribution is 2.35. The highest BCUT2D eigenvalue weighted by Gasteiger charge is 2.13. The summed E-state index contributed by atoms with van der Waals surface area (Å²) in [6.45, 7) is 0. The maximum atomic E-state index is 12.8. The molecule has 0 radical (unpaired) electrons. The number of fused-ring (bicyclic) bond motifs is 1. The van der Waals surface area contributed by atoms with Crippen molar-refractivity contribution in [3.05, 3.63) is 73.6 Å². The Hall–Kier alpha value is -3.36. The molecule has 7 nitrogen and oxygen atoms in total. The number of phenolic OH excluding ortho intramolecular Hbond substituents is 1. The number of halogens is 1. The third kappa shape index (κ3) is 3.87. The number of imidazole rings is 1. The van der Waals surface area contributed by atoms with Gasteiger partial charge in [-0.25, -0.2) is 4.98 Å². The smallest absolute Gasteiger partial charge is 0.274 e. The first-order valence-electron chi connectivity index (χ1n) is 9.20. The van der Waals surface area contributed by atoms with Gasteiger partial charge in [0.25, 0.3) is 11.5 Å². The number of carbonyl (C=O) groups is 1. The fourth-order valence-electron chi connectivity index (χ4n) is 3.10. The van der Waals surface area contributed by atoms with Gasteiger partial charge in [0.05, 0.1) is 22.4 Å². The molecule has 0 unspecified atom stereocenters. The van der Waals surface area contributed by atoms with Crippen molar-refractivity contribution in [2.45, 2.75) is 0 Å². The molecular formula is C22H18ClN3O4S. The van der Waals surface area contributed by atoms with E-state index in [1.807, 2.05) is 12.1 Å². The molecule has 4 aromatic rings. The number of hydrogen-bond donors (Lipinski definition) is 1. The molecule has 0 bridgehead atoms. The number of benzene rings is 2. The Morgan fingerprint density at radius 2 is 1.97 bits per heavy atom. The molecule has 1 amide bonds. The Labute approximate surface area is 186 Å². The minimum absolute atomic E-state index is 0.0784. The fraction of sp³-hybridized carbons (Fsp3) is 0.136. The zero-order valence-corrected chi connectivity index (χ0v) is 18.5. The molecule has 0 atom stereocenters. The van der Waals surface area contributed by atoms with Crippen LogP contribution in [0.3, 0.4) is 0 Å². The van der Waals surface area contributed by atoms with Gasteiger partial charge in [0.15, 0.2) is 16.5 Å². The van der Waals surface area contributed by atoms with Gasteiger partial charge in [0, 0.05) is 31.4 Å². The third-order valence-corrected chi connectivity index (χ3v) is 5.98. The van der Waals surface area contributed by atoms with Crippen LogP contribution in [-0.4, -0.2) is 46.5 Å². The normalized spacial score (nSPS) is 11.8. The number of carbonyl (C=O) groups excluding carboxylic acids is 1. The van der Waals surface area contributed by atoms with Crippen molar-refractivity contribution >= 4 is 39.9 Å². The van der Waals surface area contributed by atoms with Gasteiger partial charge in [0.1, 0.15) is 0 Å². The molecular weight excluding hydrogens is 438 g/mol. The van der Waals surface area contributed by atoms with E-state index >= 15 is 0 Å². The topological polar surface area (TPSA) is 84.1 Å². The Kier molecular flexibility index (Phi) is 5.43. The van der Waals surface area contributed by atoms with Crippen molar-refractivity contribution in [3.8, 4) is 22.8 Å². The van der Waals surface area contributed by atoms with Crippen LogP contribution in [-0.2, 0) is 0 Å². The number of amides is 1. The first-order valence-corrected chi connectivity index (χ1v) is 10.4. The number of methoxy groups -OCH3 is 1. The highest BCUT2D eigenvalue weighted by atomic mass is 35.5. The van der Waals surface area contributed by atoms with E-state index in [4.69, 9.17) is 16.3 Å². The standard InChI is InChI=1S/C22H18ClN3O4S/c1-25(2)20(28)14-6-4-13(5-7-14)16-11-26-21(29)18(31-22(26)24-16)10-12-8-15(23)19(27)17(9-12)30-3/h4-11,27H,1-3H3/b18-10-. The van der Waals surface area contributed by atoms with Gasteiger partial charge in [-0.15, -0.1) is 0 Å². The van der Waals surface area contributed by atoms with Gasteiger partial charge in [-0.2, -0.15) is 0 Å². The zero-order valence-electron chi connectivity index (χ0n) is 16.9. The third-order valence-electron chi connectivity index (χ3n) is 4.71. The van der Waals surface area contributed by atoms with E-state index in [0.717, 1.165) is 5.56 Å². The van der Waals surface area contributed by atoms with Crippen LogP contribution in [0.25, 0.3) is 22.3 Å². The summed E-state index contributed by atoms with van der Waals surface area (Å²) < 4.78 is 7.08. The Morgan fingerprint density at radius 3 is 2.58 bits per heavy atom. The van der Waals surface area contributed by atoms with Crippen molar-refractivity contribution in [1.82, 2.24) is 14.3 Å². The summed E-state index contributed by atoms with van der Waals surface area (Å²) in [5.41, 5.74) is 2.46. The maximum absolute atomic E-state index is 12.8. The second-order valence-electron chi connectivity index (χ2n) is 7.03. The predicted octanol–water partition coefficient (Wildman–Crippen LogP) is 3.04. The molecule has 0 aliphatic rings.